The zero-order valence-corrected chi connectivity index (χ0v) is 12.0. The summed E-state index contributed by atoms with van der Waals surface area (Å²) in [5, 5.41) is 13.1. The van der Waals surface area contributed by atoms with Gasteiger partial charge in [-0.15, -0.1) is 0 Å². The maximum atomic E-state index is 11.2. The van der Waals surface area contributed by atoms with E-state index in [0.717, 1.165) is 22.3 Å². The number of halogens is 1. The number of aromatic amines is 2. The summed E-state index contributed by atoms with van der Waals surface area (Å²) >= 11 is 3.29. The van der Waals surface area contributed by atoms with E-state index >= 15 is 0 Å². The maximum Gasteiger partial charge on any atom is 0.323 e. The molecule has 0 saturated carbocycles. The highest BCUT2D eigenvalue weighted by molar-refractivity contribution is 9.10. The quantitative estimate of drug-likeness (QED) is 0.594. The average molecular weight is 334 g/mol. The van der Waals surface area contributed by atoms with E-state index in [1.165, 1.54) is 0 Å². The zero-order chi connectivity index (χ0) is 14.1. The molecule has 0 atom stereocenters. The Hall–Kier alpha value is -2.21. The topological polar surface area (TPSA) is 80.9 Å². The van der Waals surface area contributed by atoms with Gasteiger partial charge in [0.05, 0.1) is 15.5 Å². The van der Waals surface area contributed by atoms with Crippen molar-refractivity contribution in [1.29, 1.82) is 0 Å². The molecule has 20 heavy (non-hydrogen) atoms. The molecule has 3 rings (SSSR count). The smallest absolute Gasteiger partial charge is 0.323 e. The van der Waals surface area contributed by atoms with Crippen molar-refractivity contribution in [3.63, 3.8) is 0 Å². The van der Waals surface area contributed by atoms with E-state index in [1.54, 1.807) is 6.07 Å². The van der Waals surface area contributed by atoms with Gasteiger partial charge in [0.15, 0.2) is 0 Å². The fraction of sp³-hybridized carbons (Fsp3) is 0.0714. The summed E-state index contributed by atoms with van der Waals surface area (Å²) in [5.41, 5.74) is 2.96. The average Bonchev–Trinajstić information content (AvgIpc) is 2.79. The number of hydrogen-bond donors (Lipinski definition) is 4. The minimum absolute atomic E-state index is 0.221. The Kier molecular flexibility index (Phi) is 3.23. The van der Waals surface area contributed by atoms with Crippen LogP contribution in [0.1, 0.15) is 5.56 Å². The molecular weight excluding hydrogens is 322 g/mol. The third-order valence-electron chi connectivity index (χ3n) is 3.07. The van der Waals surface area contributed by atoms with Crippen LogP contribution in [0.15, 0.2) is 45.7 Å². The molecule has 0 unspecified atom stereocenters. The Bertz CT molecular complexity index is 823. The predicted molar refractivity (Wildman–Crippen MR) is 82.1 cm³/mol. The number of aromatic hydroxyl groups is 1. The Morgan fingerprint density at radius 2 is 1.95 bits per heavy atom. The van der Waals surface area contributed by atoms with Crippen LogP contribution in [-0.4, -0.2) is 15.1 Å². The van der Waals surface area contributed by atoms with Crippen molar-refractivity contribution in [1.82, 2.24) is 9.97 Å². The first-order valence-corrected chi connectivity index (χ1v) is 6.85. The second kappa shape index (κ2) is 5.05. The first-order valence-electron chi connectivity index (χ1n) is 6.06. The van der Waals surface area contributed by atoms with Crippen molar-refractivity contribution < 1.29 is 5.11 Å². The number of phenols is 1. The van der Waals surface area contributed by atoms with E-state index < -0.39 is 0 Å². The van der Waals surface area contributed by atoms with Crippen LogP contribution in [0.2, 0.25) is 0 Å². The molecule has 0 aliphatic heterocycles. The molecule has 1 aromatic heterocycles. The van der Waals surface area contributed by atoms with Crippen LogP contribution in [0.25, 0.3) is 11.0 Å². The lowest BCUT2D eigenvalue weighted by Crippen LogP contribution is -2.00. The number of phenolic OH excluding ortho intramolecular Hbond substituents is 1. The third-order valence-corrected chi connectivity index (χ3v) is 3.71. The molecular formula is C14H12BrN3O2. The van der Waals surface area contributed by atoms with Gasteiger partial charge in [-0.25, -0.2) is 4.79 Å². The summed E-state index contributed by atoms with van der Waals surface area (Å²) in [4.78, 5) is 16.6. The highest BCUT2D eigenvalue weighted by atomic mass is 79.9. The number of rotatable bonds is 3. The Labute approximate surface area is 122 Å². The van der Waals surface area contributed by atoms with Gasteiger partial charge in [-0.3, -0.25) is 0 Å². The fourth-order valence-corrected chi connectivity index (χ4v) is 2.45. The number of H-pyrrole nitrogens is 2. The molecule has 0 bridgehead atoms. The van der Waals surface area contributed by atoms with Gasteiger partial charge in [0.25, 0.3) is 0 Å². The van der Waals surface area contributed by atoms with Gasteiger partial charge in [0, 0.05) is 17.8 Å². The number of nitrogens with one attached hydrogen (secondary N) is 3. The van der Waals surface area contributed by atoms with Crippen LogP contribution in [0.3, 0.4) is 0 Å². The molecule has 0 spiro atoms. The van der Waals surface area contributed by atoms with Gasteiger partial charge in [0.2, 0.25) is 0 Å². The standard InChI is InChI=1S/C14H12BrN3O2/c15-10-3-1-2-8(13(10)19)7-16-9-4-5-11-12(6-9)18-14(20)17-11/h1-6,16,19H,7H2,(H2,17,18,20). The van der Waals surface area contributed by atoms with Gasteiger partial charge in [0.1, 0.15) is 5.75 Å². The molecule has 4 N–H and O–H groups in total. The molecule has 0 saturated heterocycles. The summed E-state index contributed by atoms with van der Waals surface area (Å²) in [6.45, 7) is 0.492. The molecule has 0 aliphatic rings. The van der Waals surface area contributed by atoms with Crippen molar-refractivity contribution in [2.24, 2.45) is 0 Å². The second-order valence-corrected chi connectivity index (χ2v) is 5.29. The molecule has 0 amide bonds. The summed E-state index contributed by atoms with van der Waals surface area (Å²) < 4.78 is 0.669. The lowest BCUT2D eigenvalue weighted by atomic mass is 10.2. The van der Waals surface area contributed by atoms with Crippen LogP contribution in [-0.2, 0) is 6.54 Å². The summed E-state index contributed by atoms with van der Waals surface area (Å²) in [6, 6.07) is 11.1. The van der Waals surface area contributed by atoms with E-state index in [0.29, 0.717) is 11.0 Å². The molecule has 0 aliphatic carbocycles. The zero-order valence-electron chi connectivity index (χ0n) is 10.4. The van der Waals surface area contributed by atoms with Gasteiger partial charge in [-0.1, -0.05) is 12.1 Å². The van der Waals surface area contributed by atoms with Crippen LogP contribution in [0.4, 0.5) is 5.69 Å². The fourth-order valence-electron chi connectivity index (χ4n) is 2.04. The van der Waals surface area contributed by atoms with Crippen molar-refractivity contribution >= 4 is 32.7 Å². The highest BCUT2D eigenvalue weighted by Crippen LogP contribution is 2.28. The molecule has 3 aromatic rings. The monoisotopic (exact) mass is 333 g/mol. The van der Waals surface area contributed by atoms with Crippen LogP contribution >= 0.6 is 15.9 Å². The van der Waals surface area contributed by atoms with E-state index in [2.05, 4.69) is 31.2 Å². The maximum absolute atomic E-state index is 11.2. The molecule has 1 heterocycles. The molecule has 0 radical (unpaired) electrons. The van der Waals surface area contributed by atoms with Gasteiger partial charge in [-0.2, -0.15) is 0 Å². The van der Waals surface area contributed by atoms with Crippen LogP contribution in [0.5, 0.6) is 5.75 Å². The summed E-state index contributed by atoms with van der Waals surface area (Å²) in [6.07, 6.45) is 0. The largest absolute Gasteiger partial charge is 0.506 e. The number of benzene rings is 2. The van der Waals surface area contributed by atoms with E-state index in [-0.39, 0.29) is 11.4 Å². The summed E-state index contributed by atoms with van der Waals surface area (Å²) in [7, 11) is 0. The number of fused-ring (bicyclic) bond motifs is 1. The number of imidazole rings is 1. The molecule has 0 fully saturated rings. The highest BCUT2D eigenvalue weighted by Gasteiger charge is 2.05. The Balaban J connectivity index is 1.82. The van der Waals surface area contributed by atoms with Crippen molar-refractivity contribution in [3.05, 3.63) is 56.9 Å². The van der Waals surface area contributed by atoms with Crippen LogP contribution < -0.4 is 11.0 Å². The lowest BCUT2D eigenvalue weighted by molar-refractivity contribution is 0.465. The van der Waals surface area contributed by atoms with Crippen LogP contribution in [0, 0.1) is 0 Å². The number of para-hydroxylation sites is 1. The Morgan fingerprint density at radius 3 is 2.80 bits per heavy atom. The SMILES string of the molecule is O=c1[nH]c2ccc(NCc3cccc(Br)c3O)cc2[nH]1. The van der Waals surface area contributed by atoms with Crippen molar-refractivity contribution in [3.8, 4) is 5.75 Å². The van der Waals surface area contributed by atoms with E-state index in [1.807, 2.05) is 30.3 Å². The van der Waals surface area contributed by atoms with E-state index in [4.69, 9.17) is 0 Å². The molecule has 5 nitrogen and oxygen atoms in total. The first-order chi connectivity index (χ1) is 9.63. The lowest BCUT2D eigenvalue weighted by Gasteiger charge is -2.09. The molecule has 6 heteroatoms. The van der Waals surface area contributed by atoms with Crippen molar-refractivity contribution in [2.45, 2.75) is 6.54 Å². The minimum atomic E-state index is -0.221. The van der Waals surface area contributed by atoms with Crippen molar-refractivity contribution in [2.75, 3.05) is 5.32 Å². The minimum Gasteiger partial charge on any atom is -0.506 e. The number of anilines is 1. The Morgan fingerprint density at radius 1 is 1.15 bits per heavy atom. The van der Waals surface area contributed by atoms with Gasteiger partial charge >= 0.3 is 5.69 Å². The predicted octanol–water partition coefficient (Wildman–Crippen LogP) is 2.94. The number of hydrogen-bond acceptors (Lipinski definition) is 3. The molecule has 102 valence electrons. The third kappa shape index (κ3) is 2.42. The summed E-state index contributed by atoms with van der Waals surface area (Å²) in [5.74, 6) is 0.233. The first kappa shape index (κ1) is 12.8. The van der Waals surface area contributed by atoms with Gasteiger partial charge in [-0.05, 0) is 40.2 Å². The second-order valence-electron chi connectivity index (χ2n) is 4.44. The normalized spacial score (nSPS) is 10.8. The van der Waals surface area contributed by atoms with Gasteiger partial charge < -0.3 is 20.4 Å². The molecule has 2 aromatic carbocycles. The number of aromatic nitrogens is 2. The van der Waals surface area contributed by atoms with E-state index in [9.17, 15) is 9.90 Å².